The van der Waals surface area contributed by atoms with Gasteiger partial charge in [-0.1, -0.05) is 18.2 Å². The fourth-order valence-electron chi connectivity index (χ4n) is 5.04. The average Bonchev–Trinajstić information content (AvgIpc) is 2.86. The molecule has 3 aromatic rings. The lowest BCUT2D eigenvalue weighted by Gasteiger charge is -2.29. The van der Waals surface area contributed by atoms with Crippen LogP contribution in [0.3, 0.4) is 0 Å². The maximum absolute atomic E-state index is 8.13. The van der Waals surface area contributed by atoms with Crippen LogP contribution in [-0.4, -0.2) is 20.2 Å². The highest BCUT2D eigenvalue weighted by Gasteiger charge is 2.19. The lowest BCUT2D eigenvalue weighted by molar-refractivity contribution is 0.415. The molecule has 1 fully saturated rings. The molecule has 0 unspecified atom stereocenters. The number of benzene rings is 4. The van der Waals surface area contributed by atoms with Crippen molar-refractivity contribution in [3.63, 3.8) is 0 Å². The van der Waals surface area contributed by atoms with Crippen molar-refractivity contribution in [1.29, 1.82) is 5.41 Å². The number of rotatable bonds is 3. The van der Waals surface area contributed by atoms with Gasteiger partial charge in [-0.3, -0.25) is 0 Å². The first-order valence-corrected chi connectivity index (χ1v) is 11.6. The summed E-state index contributed by atoms with van der Waals surface area (Å²) in [6.07, 6.45) is 3.79. The highest BCUT2D eigenvalue weighted by Crippen LogP contribution is 2.41. The van der Waals surface area contributed by atoms with Gasteiger partial charge in [-0.25, -0.2) is 0 Å². The molecule has 4 nitrogen and oxygen atoms in total. The first-order valence-electron chi connectivity index (χ1n) is 11.6. The van der Waals surface area contributed by atoms with Crippen molar-refractivity contribution in [2.24, 2.45) is 0 Å². The molecule has 1 aliphatic carbocycles. The first-order chi connectivity index (χ1) is 16.2. The van der Waals surface area contributed by atoms with Crippen molar-refractivity contribution in [1.82, 2.24) is 0 Å². The minimum atomic E-state index is 0.453. The summed E-state index contributed by atoms with van der Waals surface area (Å²) >= 11 is 0. The number of anilines is 1. The van der Waals surface area contributed by atoms with Crippen LogP contribution < -0.4 is 15.0 Å². The van der Waals surface area contributed by atoms with E-state index in [1.807, 2.05) is 24.3 Å². The fourth-order valence-corrected chi connectivity index (χ4v) is 5.04. The number of hydrogen-bond acceptors (Lipinski definition) is 4. The summed E-state index contributed by atoms with van der Waals surface area (Å²) in [6.45, 7) is 2.19. The Morgan fingerprint density at radius 2 is 1.64 bits per heavy atom. The van der Waals surface area contributed by atoms with Gasteiger partial charge in [0.2, 0.25) is 0 Å². The molecule has 0 aromatic heterocycles. The minimum Gasteiger partial charge on any atom is -0.497 e. The lowest BCUT2D eigenvalue weighted by atomic mass is 9.92. The third-order valence-corrected chi connectivity index (χ3v) is 6.76. The van der Waals surface area contributed by atoms with Crippen LogP contribution >= 0.6 is 0 Å². The Balaban J connectivity index is 1.59. The molecule has 0 amide bonds. The summed E-state index contributed by atoms with van der Waals surface area (Å²) in [5.74, 6) is 1.61. The second-order valence-electron chi connectivity index (χ2n) is 8.84. The standard InChI is InChI=1S/C29H26N2O2/c1-32-24-10-7-19-15-21(6-5-20(19)16-24)29-25-11-8-22(30)17-27(25)33-28-18-23(9-12-26(28)29)31-13-3-2-4-14-31/h5-12,15-18,30H,2-4,13-14H2,1H3. The maximum Gasteiger partial charge on any atom is 0.137 e. The Hall–Kier alpha value is -3.79. The molecule has 2 heterocycles. The maximum atomic E-state index is 8.13. The van der Waals surface area contributed by atoms with Gasteiger partial charge < -0.3 is 19.5 Å². The molecule has 3 aromatic carbocycles. The zero-order valence-electron chi connectivity index (χ0n) is 18.7. The van der Waals surface area contributed by atoms with Crippen molar-refractivity contribution >= 4 is 27.4 Å². The van der Waals surface area contributed by atoms with Crippen LogP contribution in [0.15, 0.2) is 77.2 Å². The van der Waals surface area contributed by atoms with E-state index >= 15 is 0 Å². The predicted octanol–water partition coefficient (Wildman–Crippen LogP) is 6.84. The van der Waals surface area contributed by atoms with Crippen molar-refractivity contribution in [2.75, 3.05) is 25.1 Å². The number of hydrogen-bond donors (Lipinski definition) is 1. The Labute approximate surface area is 192 Å². The van der Waals surface area contributed by atoms with Gasteiger partial charge in [-0.2, -0.15) is 0 Å². The van der Waals surface area contributed by atoms with E-state index in [0.717, 1.165) is 63.0 Å². The zero-order chi connectivity index (χ0) is 22.4. The molecule has 0 saturated carbocycles. The Morgan fingerprint density at radius 3 is 2.48 bits per heavy atom. The Bertz CT molecular complexity index is 1510. The summed E-state index contributed by atoms with van der Waals surface area (Å²) in [5, 5.41) is 12.0. The predicted molar refractivity (Wildman–Crippen MR) is 134 cm³/mol. The molecule has 6 rings (SSSR count). The van der Waals surface area contributed by atoms with E-state index in [2.05, 4.69) is 53.4 Å². The normalized spacial score (nSPS) is 14.3. The van der Waals surface area contributed by atoms with E-state index in [1.165, 1.54) is 24.9 Å². The monoisotopic (exact) mass is 434 g/mol. The number of ether oxygens (including phenoxy) is 1. The van der Waals surface area contributed by atoms with Crippen LogP contribution in [0.1, 0.15) is 19.3 Å². The smallest absolute Gasteiger partial charge is 0.137 e. The van der Waals surface area contributed by atoms with Crippen LogP contribution in [0.4, 0.5) is 5.69 Å². The Kier molecular flexibility index (Phi) is 4.79. The number of nitrogens with zero attached hydrogens (tertiary/aromatic N) is 1. The van der Waals surface area contributed by atoms with E-state index in [0.29, 0.717) is 5.36 Å². The molecule has 1 N–H and O–H groups in total. The molecule has 0 radical (unpaired) electrons. The summed E-state index contributed by atoms with van der Waals surface area (Å²) in [4.78, 5) is 2.45. The van der Waals surface area contributed by atoms with Crippen LogP contribution in [0.2, 0.25) is 0 Å². The Morgan fingerprint density at radius 1 is 0.818 bits per heavy atom. The van der Waals surface area contributed by atoms with Gasteiger partial charge in [-0.15, -0.1) is 0 Å². The quantitative estimate of drug-likeness (QED) is 0.316. The van der Waals surface area contributed by atoms with E-state index in [-0.39, 0.29) is 0 Å². The molecular formula is C29H26N2O2. The average molecular weight is 435 g/mol. The molecule has 4 heteroatoms. The molecular weight excluding hydrogens is 408 g/mol. The number of piperidine rings is 1. The molecule has 0 atom stereocenters. The summed E-state index contributed by atoms with van der Waals surface area (Å²) in [5.41, 5.74) is 5.39. The van der Waals surface area contributed by atoms with Crippen LogP contribution in [-0.2, 0) is 0 Å². The molecule has 33 heavy (non-hydrogen) atoms. The van der Waals surface area contributed by atoms with E-state index in [1.54, 1.807) is 7.11 Å². The molecule has 3 aliphatic rings. The highest BCUT2D eigenvalue weighted by molar-refractivity contribution is 6.04. The summed E-state index contributed by atoms with van der Waals surface area (Å²) in [6, 6.07) is 25.0. The van der Waals surface area contributed by atoms with Gasteiger partial charge in [-0.05, 0) is 78.1 Å². The van der Waals surface area contributed by atoms with Gasteiger partial charge in [0.25, 0.3) is 0 Å². The zero-order valence-corrected chi connectivity index (χ0v) is 18.7. The van der Waals surface area contributed by atoms with Crippen molar-refractivity contribution in [3.8, 4) is 28.2 Å². The first kappa shape index (κ1) is 19.9. The number of fused-ring (bicyclic) bond motifs is 3. The van der Waals surface area contributed by atoms with Gasteiger partial charge >= 0.3 is 0 Å². The molecule has 1 saturated heterocycles. The fraction of sp³-hybridized carbons (Fsp3) is 0.207. The van der Waals surface area contributed by atoms with Crippen molar-refractivity contribution in [3.05, 3.63) is 78.2 Å². The molecule has 2 aliphatic heterocycles. The topological polar surface area (TPSA) is 49.5 Å². The van der Waals surface area contributed by atoms with Gasteiger partial charge in [0, 0.05) is 47.4 Å². The molecule has 164 valence electrons. The van der Waals surface area contributed by atoms with E-state index < -0.39 is 0 Å². The van der Waals surface area contributed by atoms with Crippen molar-refractivity contribution < 1.29 is 9.15 Å². The minimum absolute atomic E-state index is 0.453. The third-order valence-electron chi connectivity index (χ3n) is 6.76. The third kappa shape index (κ3) is 3.52. The number of methoxy groups -OCH3 is 1. The molecule has 0 spiro atoms. The van der Waals surface area contributed by atoms with E-state index in [4.69, 9.17) is 14.6 Å². The second kappa shape index (κ2) is 7.96. The van der Waals surface area contributed by atoms with Crippen LogP contribution in [0, 0.1) is 5.41 Å². The number of nitrogens with one attached hydrogen (secondary N) is 1. The summed E-state index contributed by atoms with van der Waals surface area (Å²) < 4.78 is 11.8. The van der Waals surface area contributed by atoms with Gasteiger partial charge in [0.15, 0.2) is 0 Å². The van der Waals surface area contributed by atoms with Crippen molar-refractivity contribution in [2.45, 2.75) is 19.3 Å². The molecule has 0 bridgehead atoms. The largest absolute Gasteiger partial charge is 0.497 e. The highest BCUT2D eigenvalue weighted by atomic mass is 16.5. The van der Waals surface area contributed by atoms with Gasteiger partial charge in [0.05, 0.1) is 12.5 Å². The van der Waals surface area contributed by atoms with E-state index in [9.17, 15) is 0 Å². The second-order valence-corrected chi connectivity index (χ2v) is 8.84. The van der Waals surface area contributed by atoms with Crippen LogP contribution in [0.25, 0.3) is 44.2 Å². The lowest BCUT2D eigenvalue weighted by Crippen LogP contribution is -2.29. The van der Waals surface area contributed by atoms with Crippen LogP contribution in [0.5, 0.6) is 5.75 Å². The SMILES string of the molecule is COc1ccc2cc(-c3c4ccc(=N)cc-4oc4cc(N5CCCCC5)ccc34)ccc2c1. The summed E-state index contributed by atoms with van der Waals surface area (Å²) in [7, 11) is 1.69. The van der Waals surface area contributed by atoms with Gasteiger partial charge in [0.1, 0.15) is 17.1 Å².